The van der Waals surface area contributed by atoms with Crippen molar-refractivity contribution in [3.05, 3.63) is 12.4 Å². The Balaban J connectivity index is 1.66. The van der Waals surface area contributed by atoms with Gasteiger partial charge in [-0.1, -0.05) is 0 Å². The first kappa shape index (κ1) is 9.87. The third-order valence-electron chi connectivity index (χ3n) is 3.42. The third kappa shape index (κ3) is 2.10. The summed E-state index contributed by atoms with van der Waals surface area (Å²) in [5.41, 5.74) is 0. The maximum absolute atomic E-state index is 5.04. The van der Waals surface area contributed by atoms with E-state index in [2.05, 4.69) is 15.3 Å². The molecule has 2 aliphatic rings. The molecule has 0 spiro atoms. The molecular weight excluding hydrogens is 202 g/mol. The first-order chi connectivity index (χ1) is 7.86. The van der Waals surface area contributed by atoms with Crippen LogP contribution in [0.5, 0.6) is 5.75 Å². The smallest absolute Gasteiger partial charge is 0.223 e. The van der Waals surface area contributed by atoms with Gasteiger partial charge in [0.05, 0.1) is 19.5 Å². The lowest BCUT2D eigenvalue weighted by molar-refractivity contribution is 0.410. The number of hydrogen-bond donors (Lipinski definition) is 1. The highest BCUT2D eigenvalue weighted by molar-refractivity contribution is 5.30. The molecule has 4 nitrogen and oxygen atoms in total. The minimum absolute atomic E-state index is 0.605. The van der Waals surface area contributed by atoms with Crippen LogP contribution < -0.4 is 10.1 Å². The van der Waals surface area contributed by atoms with E-state index in [9.17, 15) is 0 Å². The fraction of sp³-hybridized carbons (Fsp3) is 0.667. The molecule has 1 aromatic rings. The van der Waals surface area contributed by atoms with Crippen LogP contribution in [0.1, 0.15) is 25.7 Å². The number of nitrogens with zero attached hydrogens (tertiary/aromatic N) is 2. The SMILES string of the molecule is COc1cnc(NC(C2CC2)C2CC2)nc1. The zero-order valence-corrected chi connectivity index (χ0v) is 9.52. The lowest BCUT2D eigenvalue weighted by Gasteiger charge is -2.17. The maximum Gasteiger partial charge on any atom is 0.223 e. The van der Waals surface area contributed by atoms with Gasteiger partial charge in [-0.2, -0.15) is 0 Å². The second-order valence-electron chi connectivity index (χ2n) is 4.79. The van der Waals surface area contributed by atoms with Gasteiger partial charge in [-0.05, 0) is 37.5 Å². The van der Waals surface area contributed by atoms with E-state index in [-0.39, 0.29) is 0 Å². The predicted molar refractivity (Wildman–Crippen MR) is 61.4 cm³/mol. The molecular formula is C12H17N3O. The second-order valence-corrected chi connectivity index (χ2v) is 4.79. The van der Waals surface area contributed by atoms with E-state index in [0.29, 0.717) is 11.8 Å². The summed E-state index contributed by atoms with van der Waals surface area (Å²) in [5.74, 6) is 3.17. The fourth-order valence-corrected chi connectivity index (χ4v) is 2.18. The zero-order chi connectivity index (χ0) is 11.0. The highest BCUT2D eigenvalue weighted by Gasteiger charge is 2.41. The van der Waals surface area contributed by atoms with Gasteiger partial charge in [-0.3, -0.25) is 0 Å². The van der Waals surface area contributed by atoms with E-state index in [1.165, 1.54) is 25.7 Å². The van der Waals surface area contributed by atoms with Crippen LogP contribution >= 0.6 is 0 Å². The molecule has 1 N–H and O–H groups in total. The standard InChI is InChI=1S/C12H17N3O/c1-16-10-6-13-12(14-7-10)15-11(8-2-3-8)9-4-5-9/h6-9,11H,2-5H2,1H3,(H,13,14,15). The highest BCUT2D eigenvalue weighted by atomic mass is 16.5. The Morgan fingerprint density at radius 2 is 1.75 bits per heavy atom. The Labute approximate surface area is 95.4 Å². The molecule has 0 aliphatic heterocycles. The van der Waals surface area contributed by atoms with Gasteiger partial charge < -0.3 is 10.1 Å². The molecule has 3 rings (SSSR count). The van der Waals surface area contributed by atoms with E-state index in [0.717, 1.165) is 17.8 Å². The van der Waals surface area contributed by atoms with E-state index in [1.54, 1.807) is 19.5 Å². The number of ether oxygens (including phenoxy) is 1. The quantitative estimate of drug-likeness (QED) is 0.823. The van der Waals surface area contributed by atoms with Crippen LogP contribution in [0.15, 0.2) is 12.4 Å². The van der Waals surface area contributed by atoms with Crippen LogP contribution in [0.3, 0.4) is 0 Å². The molecule has 4 heteroatoms. The first-order valence-electron chi connectivity index (χ1n) is 5.99. The van der Waals surface area contributed by atoms with Crippen molar-refractivity contribution >= 4 is 5.95 Å². The summed E-state index contributed by atoms with van der Waals surface area (Å²) in [5, 5.41) is 3.48. The van der Waals surface area contributed by atoms with Gasteiger partial charge in [0.15, 0.2) is 5.75 Å². The van der Waals surface area contributed by atoms with Crippen molar-refractivity contribution in [2.24, 2.45) is 11.8 Å². The first-order valence-corrected chi connectivity index (χ1v) is 5.99. The molecule has 0 atom stereocenters. The molecule has 0 unspecified atom stereocenters. The second kappa shape index (κ2) is 3.92. The van der Waals surface area contributed by atoms with Crippen molar-refractivity contribution in [1.29, 1.82) is 0 Å². The predicted octanol–water partition coefficient (Wildman–Crippen LogP) is 2.09. The lowest BCUT2D eigenvalue weighted by Crippen LogP contribution is -2.25. The Hall–Kier alpha value is -1.32. The molecule has 16 heavy (non-hydrogen) atoms. The topological polar surface area (TPSA) is 47.0 Å². The van der Waals surface area contributed by atoms with Gasteiger partial charge >= 0.3 is 0 Å². The molecule has 0 aromatic carbocycles. The van der Waals surface area contributed by atoms with Gasteiger partial charge in [0.1, 0.15) is 0 Å². The molecule has 0 bridgehead atoms. The van der Waals surface area contributed by atoms with Crippen molar-refractivity contribution in [3.8, 4) is 5.75 Å². The number of rotatable bonds is 5. The molecule has 0 saturated heterocycles. The molecule has 1 aromatic heterocycles. The van der Waals surface area contributed by atoms with Gasteiger partial charge in [0, 0.05) is 6.04 Å². The van der Waals surface area contributed by atoms with Crippen LogP contribution in [0.25, 0.3) is 0 Å². The Kier molecular flexibility index (Phi) is 2.42. The minimum Gasteiger partial charge on any atom is -0.494 e. The third-order valence-corrected chi connectivity index (χ3v) is 3.42. The molecule has 86 valence electrons. The van der Waals surface area contributed by atoms with Gasteiger partial charge in [-0.25, -0.2) is 9.97 Å². The number of anilines is 1. The van der Waals surface area contributed by atoms with Gasteiger partial charge in [0.2, 0.25) is 5.95 Å². The summed E-state index contributed by atoms with van der Waals surface area (Å²) in [6.07, 6.45) is 8.89. The van der Waals surface area contributed by atoms with Crippen LogP contribution in [0.2, 0.25) is 0 Å². The molecule has 0 radical (unpaired) electrons. The summed E-state index contributed by atoms with van der Waals surface area (Å²) >= 11 is 0. The Bertz CT molecular complexity index is 345. The van der Waals surface area contributed by atoms with E-state index >= 15 is 0 Å². The van der Waals surface area contributed by atoms with Gasteiger partial charge in [-0.15, -0.1) is 0 Å². The van der Waals surface area contributed by atoms with Gasteiger partial charge in [0.25, 0.3) is 0 Å². The average molecular weight is 219 g/mol. The van der Waals surface area contributed by atoms with Crippen molar-refractivity contribution in [2.45, 2.75) is 31.7 Å². The van der Waals surface area contributed by atoms with Crippen LogP contribution in [0, 0.1) is 11.8 Å². The fourth-order valence-electron chi connectivity index (χ4n) is 2.18. The maximum atomic E-state index is 5.04. The monoisotopic (exact) mass is 219 g/mol. The van der Waals surface area contributed by atoms with Crippen molar-refractivity contribution in [3.63, 3.8) is 0 Å². The van der Waals surface area contributed by atoms with Crippen LogP contribution in [0.4, 0.5) is 5.95 Å². The van der Waals surface area contributed by atoms with Crippen molar-refractivity contribution in [2.75, 3.05) is 12.4 Å². The molecule has 2 saturated carbocycles. The lowest BCUT2D eigenvalue weighted by atomic mass is 10.1. The highest BCUT2D eigenvalue weighted by Crippen LogP contribution is 2.45. The summed E-state index contributed by atoms with van der Waals surface area (Å²) in [6, 6.07) is 0.605. The average Bonchev–Trinajstić information content (AvgIpc) is 3.19. The van der Waals surface area contributed by atoms with Crippen molar-refractivity contribution < 1.29 is 4.74 Å². The molecule has 2 fully saturated rings. The molecule has 1 heterocycles. The molecule has 2 aliphatic carbocycles. The zero-order valence-electron chi connectivity index (χ0n) is 9.52. The Morgan fingerprint density at radius 3 is 2.19 bits per heavy atom. The number of nitrogens with one attached hydrogen (secondary N) is 1. The minimum atomic E-state index is 0.605. The van der Waals surface area contributed by atoms with Crippen LogP contribution in [-0.2, 0) is 0 Å². The summed E-state index contributed by atoms with van der Waals surface area (Å²) in [7, 11) is 1.63. The summed E-state index contributed by atoms with van der Waals surface area (Å²) < 4.78 is 5.04. The summed E-state index contributed by atoms with van der Waals surface area (Å²) in [6.45, 7) is 0. The van der Waals surface area contributed by atoms with E-state index in [1.807, 2.05) is 0 Å². The normalized spacial score (nSPS) is 19.9. The number of aromatic nitrogens is 2. The Morgan fingerprint density at radius 1 is 1.19 bits per heavy atom. The molecule has 0 amide bonds. The number of hydrogen-bond acceptors (Lipinski definition) is 4. The van der Waals surface area contributed by atoms with E-state index < -0.39 is 0 Å². The van der Waals surface area contributed by atoms with Crippen LogP contribution in [-0.4, -0.2) is 23.1 Å². The number of methoxy groups -OCH3 is 1. The largest absolute Gasteiger partial charge is 0.494 e. The van der Waals surface area contributed by atoms with E-state index in [4.69, 9.17) is 4.74 Å². The van der Waals surface area contributed by atoms with Crippen molar-refractivity contribution in [1.82, 2.24) is 9.97 Å². The summed E-state index contributed by atoms with van der Waals surface area (Å²) in [4.78, 5) is 8.52.